The summed E-state index contributed by atoms with van der Waals surface area (Å²) in [6.45, 7) is 6.28. The third-order valence-electron chi connectivity index (χ3n) is 2.66. The maximum atomic E-state index is 10.7. The Morgan fingerprint density at radius 2 is 2.10 bits per heavy atom. The molecule has 5 nitrogen and oxygen atoms in total. The summed E-state index contributed by atoms with van der Waals surface area (Å²) in [6.07, 6.45) is 1.74. The van der Waals surface area contributed by atoms with Gasteiger partial charge in [-0.25, -0.2) is 0 Å². The van der Waals surface area contributed by atoms with Crippen LogP contribution in [0.3, 0.4) is 0 Å². The zero-order valence-corrected chi connectivity index (χ0v) is 11.9. The molecule has 0 aliphatic heterocycles. The maximum absolute atomic E-state index is 10.7. The summed E-state index contributed by atoms with van der Waals surface area (Å²) in [5, 5.41) is 17.6. The van der Waals surface area contributed by atoms with Crippen LogP contribution in [-0.4, -0.2) is 31.6 Å². The molecule has 0 aliphatic rings. The lowest BCUT2D eigenvalue weighted by molar-refractivity contribution is -0.133. The molecule has 0 radical (unpaired) electrons. The Kier molecular flexibility index (Phi) is 4.57. The Morgan fingerprint density at radius 1 is 1.40 bits per heavy atom. The first-order valence-corrected chi connectivity index (χ1v) is 7.06. The van der Waals surface area contributed by atoms with Crippen LogP contribution in [0.25, 0.3) is 11.4 Å². The van der Waals surface area contributed by atoms with Crippen LogP contribution < -0.4 is 0 Å². The van der Waals surface area contributed by atoms with E-state index in [9.17, 15) is 4.79 Å². The van der Waals surface area contributed by atoms with E-state index in [1.54, 1.807) is 6.08 Å². The van der Waals surface area contributed by atoms with Gasteiger partial charge < -0.3 is 5.11 Å². The molecule has 0 atom stereocenters. The van der Waals surface area contributed by atoms with Crippen molar-refractivity contribution in [1.29, 1.82) is 0 Å². The zero-order valence-electron chi connectivity index (χ0n) is 11.1. The number of carboxylic acids is 1. The van der Waals surface area contributed by atoms with Gasteiger partial charge >= 0.3 is 5.97 Å². The van der Waals surface area contributed by atoms with E-state index in [0.717, 1.165) is 23.1 Å². The van der Waals surface area contributed by atoms with Crippen LogP contribution >= 0.6 is 11.8 Å². The van der Waals surface area contributed by atoms with Crippen LogP contribution in [0.5, 0.6) is 0 Å². The minimum Gasteiger partial charge on any atom is -0.481 e. The molecule has 0 saturated heterocycles. The van der Waals surface area contributed by atoms with Gasteiger partial charge in [0, 0.05) is 12.1 Å². The first-order valence-electron chi connectivity index (χ1n) is 6.07. The van der Waals surface area contributed by atoms with Gasteiger partial charge in [-0.2, -0.15) is 0 Å². The molecule has 2 aromatic rings. The van der Waals surface area contributed by atoms with E-state index in [-0.39, 0.29) is 5.75 Å². The minimum absolute atomic E-state index is 0.0385. The Bertz CT molecular complexity index is 620. The van der Waals surface area contributed by atoms with Gasteiger partial charge in [-0.3, -0.25) is 9.36 Å². The largest absolute Gasteiger partial charge is 0.481 e. The number of aryl methyl sites for hydroxylation is 1. The molecule has 2 rings (SSSR count). The molecule has 1 N–H and O–H groups in total. The predicted molar refractivity (Wildman–Crippen MR) is 78.8 cm³/mol. The molecule has 0 amide bonds. The average molecular weight is 289 g/mol. The lowest BCUT2D eigenvalue weighted by Gasteiger charge is -2.07. The Balaban J connectivity index is 2.35. The van der Waals surface area contributed by atoms with Crippen molar-refractivity contribution < 1.29 is 9.90 Å². The summed E-state index contributed by atoms with van der Waals surface area (Å²) in [5.74, 6) is -0.193. The minimum atomic E-state index is -0.875. The van der Waals surface area contributed by atoms with Gasteiger partial charge in [0.2, 0.25) is 0 Å². The number of aromatic nitrogens is 3. The summed E-state index contributed by atoms with van der Waals surface area (Å²) >= 11 is 1.16. The summed E-state index contributed by atoms with van der Waals surface area (Å²) in [7, 11) is 0. The van der Waals surface area contributed by atoms with E-state index >= 15 is 0 Å². The zero-order chi connectivity index (χ0) is 14.5. The fraction of sp³-hybridized carbons (Fsp3) is 0.214. The topological polar surface area (TPSA) is 68.0 Å². The third-order valence-corrected chi connectivity index (χ3v) is 3.61. The van der Waals surface area contributed by atoms with Gasteiger partial charge in [-0.15, -0.1) is 16.8 Å². The number of allylic oxidation sites excluding steroid dienone is 1. The SMILES string of the molecule is C=CCn1c(SCC(=O)O)nnc1-c1ccc(C)cc1. The number of carboxylic acid groups (broad SMARTS) is 1. The molecule has 0 bridgehead atoms. The standard InChI is InChI=1S/C14H15N3O2S/c1-3-8-17-13(11-6-4-10(2)5-7-11)15-16-14(17)20-9-12(18)19/h3-7H,1,8-9H2,2H3,(H,18,19). The second kappa shape index (κ2) is 6.38. The summed E-state index contributed by atoms with van der Waals surface area (Å²) in [5.41, 5.74) is 2.12. The van der Waals surface area contributed by atoms with Crippen LogP contribution in [0.1, 0.15) is 5.56 Å². The summed E-state index contributed by atoms with van der Waals surface area (Å²) in [6, 6.07) is 7.97. The first-order chi connectivity index (χ1) is 9.61. The predicted octanol–water partition coefficient (Wildman–Crippen LogP) is 2.62. The summed E-state index contributed by atoms with van der Waals surface area (Å²) < 4.78 is 1.87. The van der Waals surface area contributed by atoms with Gasteiger partial charge in [-0.05, 0) is 6.92 Å². The molecule has 20 heavy (non-hydrogen) atoms. The van der Waals surface area contributed by atoms with Crippen LogP contribution in [-0.2, 0) is 11.3 Å². The molecule has 0 saturated carbocycles. The van der Waals surface area contributed by atoms with E-state index in [1.807, 2.05) is 35.8 Å². The first kappa shape index (κ1) is 14.3. The lowest BCUT2D eigenvalue weighted by atomic mass is 10.1. The van der Waals surface area contributed by atoms with Crippen molar-refractivity contribution in [1.82, 2.24) is 14.8 Å². The molecule has 1 aromatic carbocycles. The maximum Gasteiger partial charge on any atom is 0.313 e. The molecule has 6 heteroatoms. The summed E-state index contributed by atoms with van der Waals surface area (Å²) in [4.78, 5) is 10.7. The molecule has 1 aromatic heterocycles. The van der Waals surface area contributed by atoms with Crippen molar-refractivity contribution in [2.75, 3.05) is 5.75 Å². The van der Waals surface area contributed by atoms with Gasteiger partial charge in [0.1, 0.15) is 0 Å². The van der Waals surface area contributed by atoms with E-state index in [1.165, 1.54) is 5.56 Å². The number of nitrogens with zero attached hydrogens (tertiary/aromatic N) is 3. The molecule has 1 heterocycles. The van der Waals surface area contributed by atoms with Gasteiger partial charge in [0.25, 0.3) is 0 Å². The number of thioether (sulfide) groups is 1. The highest BCUT2D eigenvalue weighted by Crippen LogP contribution is 2.24. The fourth-order valence-corrected chi connectivity index (χ4v) is 2.40. The van der Waals surface area contributed by atoms with E-state index < -0.39 is 5.97 Å². The number of hydrogen-bond donors (Lipinski definition) is 1. The molecular formula is C14H15N3O2S. The molecule has 104 valence electrons. The van der Waals surface area contributed by atoms with Crippen molar-refractivity contribution in [3.63, 3.8) is 0 Å². The Hall–Kier alpha value is -2.08. The lowest BCUT2D eigenvalue weighted by Crippen LogP contribution is -2.03. The second-order valence-electron chi connectivity index (χ2n) is 4.25. The van der Waals surface area contributed by atoms with Gasteiger partial charge in [0.05, 0.1) is 5.75 Å². The van der Waals surface area contributed by atoms with E-state index in [4.69, 9.17) is 5.11 Å². The normalized spacial score (nSPS) is 10.4. The third kappa shape index (κ3) is 3.27. The van der Waals surface area contributed by atoms with Crippen molar-refractivity contribution in [2.24, 2.45) is 0 Å². The molecule has 0 aliphatic carbocycles. The van der Waals surface area contributed by atoms with Crippen LogP contribution in [0.2, 0.25) is 0 Å². The molecule has 0 spiro atoms. The van der Waals surface area contributed by atoms with Crippen LogP contribution in [0.15, 0.2) is 42.1 Å². The van der Waals surface area contributed by atoms with Gasteiger partial charge in [0.15, 0.2) is 11.0 Å². The highest BCUT2D eigenvalue weighted by atomic mass is 32.2. The van der Waals surface area contributed by atoms with E-state index in [2.05, 4.69) is 16.8 Å². The van der Waals surface area contributed by atoms with Crippen molar-refractivity contribution >= 4 is 17.7 Å². The highest BCUT2D eigenvalue weighted by molar-refractivity contribution is 7.99. The smallest absolute Gasteiger partial charge is 0.313 e. The van der Waals surface area contributed by atoms with Crippen molar-refractivity contribution in [3.8, 4) is 11.4 Å². The number of aliphatic carboxylic acids is 1. The van der Waals surface area contributed by atoms with Crippen molar-refractivity contribution in [2.45, 2.75) is 18.6 Å². The number of benzene rings is 1. The Labute approximate surface area is 121 Å². The highest BCUT2D eigenvalue weighted by Gasteiger charge is 2.14. The number of hydrogen-bond acceptors (Lipinski definition) is 4. The number of carbonyl (C=O) groups is 1. The monoisotopic (exact) mass is 289 g/mol. The molecule has 0 unspecified atom stereocenters. The van der Waals surface area contributed by atoms with Gasteiger partial charge in [-0.1, -0.05) is 47.7 Å². The quantitative estimate of drug-likeness (QED) is 0.654. The second-order valence-corrected chi connectivity index (χ2v) is 5.20. The molecular weight excluding hydrogens is 274 g/mol. The Morgan fingerprint density at radius 3 is 2.70 bits per heavy atom. The van der Waals surface area contributed by atoms with Crippen molar-refractivity contribution in [3.05, 3.63) is 42.5 Å². The molecule has 0 fully saturated rings. The van der Waals surface area contributed by atoms with E-state index in [0.29, 0.717) is 11.7 Å². The number of rotatable bonds is 6. The van der Waals surface area contributed by atoms with Crippen LogP contribution in [0, 0.1) is 6.92 Å². The average Bonchev–Trinajstić information content (AvgIpc) is 2.81. The fourth-order valence-electron chi connectivity index (χ4n) is 1.73. The van der Waals surface area contributed by atoms with Crippen LogP contribution in [0.4, 0.5) is 0 Å².